The number of rotatable bonds is 2. The van der Waals surface area contributed by atoms with E-state index in [1.54, 1.807) is 6.92 Å². The Hall–Kier alpha value is -2.26. The van der Waals surface area contributed by atoms with E-state index in [-0.39, 0.29) is 11.8 Å². The van der Waals surface area contributed by atoms with E-state index in [0.717, 1.165) is 16.1 Å². The predicted molar refractivity (Wildman–Crippen MR) is 105 cm³/mol. The molecule has 26 heavy (non-hydrogen) atoms. The van der Waals surface area contributed by atoms with Gasteiger partial charge in [-0.1, -0.05) is 35.9 Å². The van der Waals surface area contributed by atoms with Crippen LogP contribution in [-0.2, 0) is 11.3 Å². The predicted octanol–water partition coefficient (Wildman–Crippen LogP) is 5.19. The minimum atomic E-state index is 0.105. The number of aromatic nitrogens is 1. The van der Waals surface area contributed by atoms with Crippen LogP contribution >= 0.6 is 11.6 Å². The van der Waals surface area contributed by atoms with Gasteiger partial charge in [0.1, 0.15) is 0 Å². The summed E-state index contributed by atoms with van der Waals surface area (Å²) in [5, 5.41) is 2.04. The first kappa shape index (κ1) is 16.0. The Morgan fingerprint density at radius 3 is 2.73 bits per heavy atom. The van der Waals surface area contributed by atoms with E-state index in [2.05, 4.69) is 41.5 Å². The summed E-state index contributed by atoms with van der Waals surface area (Å²) in [4.78, 5) is 17.4. The molecule has 1 unspecified atom stereocenters. The fourth-order valence-corrected chi connectivity index (χ4v) is 4.59. The molecule has 1 saturated carbocycles. The average Bonchev–Trinajstić information content (AvgIpc) is 3.40. The molecule has 2 aliphatic rings. The summed E-state index contributed by atoms with van der Waals surface area (Å²) >= 11 is 6.77. The minimum Gasteiger partial charge on any atom is -0.361 e. The Morgan fingerprint density at radius 1 is 1.15 bits per heavy atom. The Labute approximate surface area is 158 Å². The molecule has 1 aliphatic heterocycles. The van der Waals surface area contributed by atoms with Crippen molar-refractivity contribution in [2.45, 2.75) is 38.1 Å². The fraction of sp³-hybridized carbons (Fsp3) is 0.318. The third kappa shape index (κ3) is 2.53. The van der Waals surface area contributed by atoms with E-state index >= 15 is 0 Å². The van der Waals surface area contributed by atoms with Crippen LogP contribution < -0.4 is 0 Å². The number of H-pyrrole nitrogens is 1. The number of amides is 1. The number of hydrogen-bond acceptors (Lipinski definition) is 1. The molecule has 5 rings (SSSR count). The maximum absolute atomic E-state index is 12.1. The molecule has 0 radical (unpaired) electrons. The zero-order valence-corrected chi connectivity index (χ0v) is 15.5. The quantitative estimate of drug-likeness (QED) is 0.667. The van der Waals surface area contributed by atoms with Gasteiger partial charge in [-0.3, -0.25) is 4.79 Å². The van der Waals surface area contributed by atoms with Crippen molar-refractivity contribution in [2.75, 3.05) is 6.54 Å². The second kappa shape index (κ2) is 5.88. The van der Waals surface area contributed by atoms with Crippen molar-refractivity contribution in [1.82, 2.24) is 9.88 Å². The highest BCUT2D eigenvalue weighted by molar-refractivity contribution is 6.32. The van der Waals surface area contributed by atoms with Crippen LogP contribution in [0.3, 0.4) is 0 Å². The number of aromatic amines is 1. The third-order valence-electron chi connectivity index (χ3n) is 5.86. The molecule has 0 bridgehead atoms. The van der Waals surface area contributed by atoms with Gasteiger partial charge in [0.05, 0.1) is 0 Å². The zero-order valence-electron chi connectivity index (χ0n) is 14.8. The largest absolute Gasteiger partial charge is 0.361 e. The lowest BCUT2D eigenvalue weighted by molar-refractivity contribution is -0.129. The molecule has 3 aromatic rings. The lowest BCUT2D eigenvalue weighted by Gasteiger charge is -2.35. The van der Waals surface area contributed by atoms with Gasteiger partial charge in [0, 0.05) is 48.1 Å². The number of carbonyl (C=O) groups is 1. The van der Waals surface area contributed by atoms with Gasteiger partial charge in [-0.15, -0.1) is 0 Å². The highest BCUT2D eigenvalue weighted by atomic mass is 35.5. The molecule has 3 nitrogen and oxygen atoms in total. The van der Waals surface area contributed by atoms with Crippen molar-refractivity contribution in [3.63, 3.8) is 0 Å². The molecule has 1 N–H and O–H groups in total. The fourth-order valence-electron chi connectivity index (χ4n) is 4.29. The van der Waals surface area contributed by atoms with Crippen molar-refractivity contribution in [3.8, 4) is 0 Å². The summed E-state index contributed by atoms with van der Waals surface area (Å²) in [5.41, 5.74) is 6.12. The van der Waals surface area contributed by atoms with Crippen molar-refractivity contribution in [2.24, 2.45) is 0 Å². The molecule has 0 spiro atoms. The van der Waals surface area contributed by atoms with Gasteiger partial charge in [0.2, 0.25) is 5.91 Å². The van der Waals surface area contributed by atoms with Gasteiger partial charge in [-0.2, -0.15) is 0 Å². The van der Waals surface area contributed by atoms with E-state index < -0.39 is 0 Å². The molecular weight excluding hydrogens is 344 g/mol. The summed E-state index contributed by atoms with van der Waals surface area (Å²) in [5.74, 6) is 0.903. The number of carbonyl (C=O) groups excluding carboxylic acids is 1. The van der Waals surface area contributed by atoms with Gasteiger partial charge in [-0.25, -0.2) is 0 Å². The van der Waals surface area contributed by atoms with Crippen molar-refractivity contribution in [3.05, 3.63) is 69.9 Å². The first-order valence-electron chi connectivity index (χ1n) is 9.25. The van der Waals surface area contributed by atoms with Gasteiger partial charge in [0.25, 0.3) is 0 Å². The van der Waals surface area contributed by atoms with E-state index in [1.807, 2.05) is 11.0 Å². The van der Waals surface area contributed by atoms with E-state index in [9.17, 15) is 4.79 Å². The van der Waals surface area contributed by atoms with Crippen LogP contribution in [0.15, 0.2) is 42.6 Å². The molecule has 0 saturated heterocycles. The first-order valence-corrected chi connectivity index (χ1v) is 9.63. The molecule has 1 amide bonds. The van der Waals surface area contributed by atoms with Gasteiger partial charge in [0.15, 0.2) is 0 Å². The van der Waals surface area contributed by atoms with Gasteiger partial charge in [-0.05, 0) is 53.1 Å². The van der Waals surface area contributed by atoms with Crippen LogP contribution in [0.5, 0.6) is 0 Å². The van der Waals surface area contributed by atoms with Crippen LogP contribution in [0, 0.1) is 0 Å². The molecule has 132 valence electrons. The standard InChI is InChI=1S/C22H21ClN2O/c1-13(26)25-11-15-4-2-3-5-16(15)20(12-25)17-9-22-18(8-21(17)23)19(10-24-22)14-6-7-14/h2-5,8-10,14,20,24H,6-7,11-12H2,1H3. The van der Waals surface area contributed by atoms with Crippen LogP contribution in [0.25, 0.3) is 10.9 Å². The number of hydrogen-bond donors (Lipinski definition) is 1. The third-order valence-corrected chi connectivity index (χ3v) is 6.19. The highest BCUT2D eigenvalue weighted by Crippen LogP contribution is 2.45. The smallest absolute Gasteiger partial charge is 0.219 e. The van der Waals surface area contributed by atoms with Crippen LogP contribution in [0.4, 0.5) is 0 Å². The van der Waals surface area contributed by atoms with Crippen LogP contribution in [0.1, 0.15) is 53.9 Å². The summed E-state index contributed by atoms with van der Waals surface area (Å²) in [7, 11) is 0. The summed E-state index contributed by atoms with van der Waals surface area (Å²) in [6, 6.07) is 12.7. The maximum Gasteiger partial charge on any atom is 0.219 e. The van der Waals surface area contributed by atoms with Crippen LogP contribution in [-0.4, -0.2) is 22.3 Å². The average molecular weight is 365 g/mol. The van der Waals surface area contributed by atoms with Gasteiger partial charge < -0.3 is 9.88 Å². The second-order valence-electron chi connectivity index (χ2n) is 7.59. The normalized spacial score (nSPS) is 19.6. The summed E-state index contributed by atoms with van der Waals surface area (Å²) in [6.45, 7) is 2.99. The van der Waals surface area contributed by atoms with E-state index in [0.29, 0.717) is 19.0 Å². The van der Waals surface area contributed by atoms with Crippen molar-refractivity contribution >= 4 is 28.4 Å². The number of halogens is 1. The van der Waals surface area contributed by atoms with Gasteiger partial charge >= 0.3 is 0 Å². The molecule has 1 fully saturated rings. The van der Waals surface area contributed by atoms with Crippen molar-refractivity contribution < 1.29 is 4.79 Å². The molecule has 4 heteroatoms. The van der Waals surface area contributed by atoms with Crippen LogP contribution in [0.2, 0.25) is 5.02 Å². The molecule has 2 aromatic carbocycles. The molecule has 1 aliphatic carbocycles. The first-order chi connectivity index (χ1) is 12.6. The second-order valence-corrected chi connectivity index (χ2v) is 8.00. The molecule has 1 atom stereocenters. The SMILES string of the molecule is CC(=O)N1Cc2ccccc2C(c2cc3[nH]cc(C4CC4)c3cc2Cl)C1. The molecule has 1 aromatic heterocycles. The Balaban J connectivity index is 1.64. The Bertz CT molecular complexity index is 1020. The lowest BCUT2D eigenvalue weighted by Crippen LogP contribution is -2.37. The monoisotopic (exact) mass is 364 g/mol. The Kier molecular flexibility index (Phi) is 3.61. The Morgan fingerprint density at radius 2 is 1.96 bits per heavy atom. The lowest BCUT2D eigenvalue weighted by atomic mass is 9.84. The van der Waals surface area contributed by atoms with E-state index in [4.69, 9.17) is 11.6 Å². The van der Waals surface area contributed by atoms with Crippen molar-refractivity contribution in [1.29, 1.82) is 0 Å². The number of nitrogens with one attached hydrogen (secondary N) is 1. The summed E-state index contributed by atoms with van der Waals surface area (Å²) < 4.78 is 0. The minimum absolute atomic E-state index is 0.105. The maximum atomic E-state index is 12.1. The topological polar surface area (TPSA) is 36.1 Å². The number of fused-ring (bicyclic) bond motifs is 2. The number of nitrogens with zero attached hydrogens (tertiary/aromatic N) is 1. The summed E-state index contributed by atoms with van der Waals surface area (Å²) in [6.07, 6.45) is 4.69. The van der Waals surface area contributed by atoms with E-state index in [1.165, 1.54) is 34.9 Å². The number of benzene rings is 2. The molecular formula is C22H21ClN2O. The highest BCUT2D eigenvalue weighted by Gasteiger charge is 2.30. The zero-order chi connectivity index (χ0) is 17.8. The molecule has 2 heterocycles.